The molecule has 1 fully saturated rings. The van der Waals surface area contributed by atoms with Gasteiger partial charge in [0.25, 0.3) is 0 Å². The van der Waals surface area contributed by atoms with E-state index < -0.39 is 17.3 Å². The zero-order chi connectivity index (χ0) is 11.6. The normalized spacial score (nSPS) is 16.8. The number of rotatable bonds is 5. The third kappa shape index (κ3) is 1.88. The molecule has 0 aliphatic heterocycles. The number of aromatic nitrogens is 2. The molecule has 1 aliphatic carbocycles. The highest BCUT2D eigenvalue weighted by Gasteiger charge is 2.56. The van der Waals surface area contributed by atoms with E-state index in [9.17, 15) is 9.59 Å². The van der Waals surface area contributed by atoms with Crippen LogP contribution in [0.3, 0.4) is 0 Å². The van der Waals surface area contributed by atoms with Crippen LogP contribution in [-0.2, 0) is 16.0 Å². The first-order valence-corrected chi connectivity index (χ1v) is 4.92. The first-order chi connectivity index (χ1) is 7.65. The number of aliphatic carboxylic acids is 1. The molecule has 86 valence electrons. The first kappa shape index (κ1) is 10.6. The fraction of sp³-hybridized carbons (Fsp3) is 0.556. The lowest BCUT2D eigenvalue weighted by Crippen LogP contribution is -2.38. The summed E-state index contributed by atoms with van der Waals surface area (Å²) in [5.41, 5.74) is -1.18. The molecule has 0 saturated heterocycles. The van der Waals surface area contributed by atoms with Gasteiger partial charge in [0.2, 0.25) is 12.3 Å². The van der Waals surface area contributed by atoms with Gasteiger partial charge < -0.3 is 14.9 Å². The van der Waals surface area contributed by atoms with E-state index in [0.29, 0.717) is 31.6 Å². The summed E-state index contributed by atoms with van der Waals surface area (Å²) in [7, 11) is 0. The van der Waals surface area contributed by atoms with Crippen LogP contribution in [0.15, 0.2) is 10.9 Å². The molecule has 2 N–H and O–H groups in total. The standard InChI is InChI=1S/C9H11N3O4/c13-7(9(2-3-9)8(14)15)10-4-1-6-11-5-16-12-6/h5H,1-4H2,(H,10,13)(H,14,15). The maximum atomic E-state index is 11.5. The minimum Gasteiger partial charge on any atom is -0.480 e. The maximum Gasteiger partial charge on any atom is 0.319 e. The van der Waals surface area contributed by atoms with Crippen LogP contribution in [0.2, 0.25) is 0 Å². The molecule has 2 rings (SSSR count). The van der Waals surface area contributed by atoms with E-state index in [1.807, 2.05) is 0 Å². The second-order valence-electron chi connectivity index (χ2n) is 3.74. The SMILES string of the molecule is O=C(O)C1(C(=O)NCCc2ncon2)CC1. The molecule has 1 heterocycles. The third-order valence-corrected chi connectivity index (χ3v) is 2.64. The van der Waals surface area contributed by atoms with Gasteiger partial charge in [0.15, 0.2) is 5.82 Å². The van der Waals surface area contributed by atoms with E-state index in [1.54, 1.807) is 0 Å². The largest absolute Gasteiger partial charge is 0.480 e. The maximum absolute atomic E-state index is 11.5. The summed E-state index contributed by atoms with van der Waals surface area (Å²) in [5, 5.41) is 15.0. The zero-order valence-electron chi connectivity index (χ0n) is 8.47. The summed E-state index contributed by atoms with van der Waals surface area (Å²) >= 11 is 0. The average Bonchev–Trinajstić information content (AvgIpc) is 2.92. The number of hydrogen-bond donors (Lipinski definition) is 2. The van der Waals surface area contributed by atoms with E-state index in [1.165, 1.54) is 6.39 Å². The molecule has 7 nitrogen and oxygen atoms in total. The fourth-order valence-corrected chi connectivity index (χ4v) is 1.42. The number of nitrogens with zero attached hydrogens (tertiary/aromatic N) is 2. The molecule has 0 radical (unpaired) electrons. The number of amides is 1. The van der Waals surface area contributed by atoms with Gasteiger partial charge >= 0.3 is 5.97 Å². The van der Waals surface area contributed by atoms with Crippen molar-refractivity contribution < 1.29 is 19.2 Å². The van der Waals surface area contributed by atoms with E-state index in [-0.39, 0.29) is 0 Å². The fourth-order valence-electron chi connectivity index (χ4n) is 1.42. The molecular formula is C9H11N3O4. The highest BCUT2D eigenvalue weighted by Crippen LogP contribution is 2.45. The smallest absolute Gasteiger partial charge is 0.319 e. The second kappa shape index (κ2) is 3.92. The van der Waals surface area contributed by atoms with Crippen molar-refractivity contribution in [1.29, 1.82) is 0 Å². The summed E-state index contributed by atoms with van der Waals surface area (Å²) in [6, 6.07) is 0. The monoisotopic (exact) mass is 225 g/mol. The Morgan fingerprint density at radius 2 is 2.31 bits per heavy atom. The van der Waals surface area contributed by atoms with Crippen LogP contribution in [-0.4, -0.2) is 33.7 Å². The molecule has 0 aromatic carbocycles. The van der Waals surface area contributed by atoms with Gasteiger partial charge in [-0.1, -0.05) is 5.16 Å². The van der Waals surface area contributed by atoms with Crippen LogP contribution in [0.5, 0.6) is 0 Å². The van der Waals surface area contributed by atoms with Gasteiger partial charge in [-0.15, -0.1) is 0 Å². The molecule has 0 atom stereocenters. The van der Waals surface area contributed by atoms with Crippen LogP contribution >= 0.6 is 0 Å². The van der Waals surface area contributed by atoms with Crippen LogP contribution in [0.25, 0.3) is 0 Å². The molecular weight excluding hydrogens is 214 g/mol. The van der Waals surface area contributed by atoms with Crippen LogP contribution < -0.4 is 5.32 Å². The minimum absolute atomic E-state index is 0.313. The number of carbonyl (C=O) groups is 2. The van der Waals surface area contributed by atoms with Gasteiger partial charge in [-0.3, -0.25) is 9.59 Å². The lowest BCUT2D eigenvalue weighted by Gasteiger charge is -2.09. The Kier molecular flexibility index (Phi) is 2.59. The minimum atomic E-state index is -1.18. The van der Waals surface area contributed by atoms with Gasteiger partial charge in [0.1, 0.15) is 5.41 Å². The van der Waals surface area contributed by atoms with Crippen molar-refractivity contribution in [3.05, 3.63) is 12.2 Å². The highest BCUT2D eigenvalue weighted by molar-refractivity contribution is 6.04. The molecule has 1 aromatic heterocycles. The van der Waals surface area contributed by atoms with E-state index in [4.69, 9.17) is 5.11 Å². The van der Waals surface area contributed by atoms with Crippen LogP contribution in [0.4, 0.5) is 0 Å². The lowest BCUT2D eigenvalue weighted by molar-refractivity contribution is -0.149. The topological polar surface area (TPSA) is 105 Å². The van der Waals surface area contributed by atoms with E-state index >= 15 is 0 Å². The average molecular weight is 225 g/mol. The summed E-state index contributed by atoms with van der Waals surface area (Å²) in [4.78, 5) is 26.1. The molecule has 1 saturated carbocycles. The van der Waals surface area contributed by atoms with E-state index in [0.717, 1.165) is 0 Å². The Bertz CT molecular complexity index is 397. The van der Waals surface area contributed by atoms with E-state index in [2.05, 4.69) is 20.0 Å². The molecule has 7 heteroatoms. The molecule has 0 bridgehead atoms. The lowest BCUT2D eigenvalue weighted by atomic mass is 10.1. The Balaban J connectivity index is 1.79. The van der Waals surface area contributed by atoms with Gasteiger partial charge in [0, 0.05) is 13.0 Å². The van der Waals surface area contributed by atoms with Crippen LogP contribution in [0.1, 0.15) is 18.7 Å². The summed E-state index contributed by atoms with van der Waals surface area (Å²) in [6.07, 6.45) is 2.46. The van der Waals surface area contributed by atoms with Crippen molar-refractivity contribution in [3.63, 3.8) is 0 Å². The number of nitrogens with one attached hydrogen (secondary N) is 1. The van der Waals surface area contributed by atoms with Crippen molar-refractivity contribution in [2.45, 2.75) is 19.3 Å². The zero-order valence-corrected chi connectivity index (χ0v) is 8.47. The van der Waals surface area contributed by atoms with Crippen molar-refractivity contribution in [3.8, 4) is 0 Å². The van der Waals surface area contributed by atoms with Gasteiger partial charge in [-0.25, -0.2) is 0 Å². The third-order valence-electron chi connectivity index (χ3n) is 2.64. The Hall–Kier alpha value is -1.92. The van der Waals surface area contributed by atoms with Gasteiger partial charge in [-0.05, 0) is 12.8 Å². The Morgan fingerprint density at radius 3 is 2.81 bits per heavy atom. The quantitative estimate of drug-likeness (QED) is 0.660. The molecule has 0 spiro atoms. The molecule has 1 aliphatic rings. The highest BCUT2D eigenvalue weighted by atomic mass is 16.5. The number of carbonyl (C=O) groups excluding carboxylic acids is 1. The summed E-state index contributed by atoms with van der Waals surface area (Å²) in [5.74, 6) is -0.992. The number of carboxylic acids is 1. The van der Waals surface area contributed by atoms with Gasteiger partial charge in [0.05, 0.1) is 0 Å². The summed E-state index contributed by atoms with van der Waals surface area (Å²) in [6.45, 7) is 0.313. The second-order valence-corrected chi connectivity index (χ2v) is 3.74. The predicted octanol–water partition coefficient (Wildman–Crippen LogP) is -0.407. The molecule has 1 amide bonds. The summed E-state index contributed by atoms with van der Waals surface area (Å²) < 4.78 is 4.52. The molecule has 0 unspecified atom stereocenters. The molecule has 1 aromatic rings. The first-order valence-electron chi connectivity index (χ1n) is 4.92. The van der Waals surface area contributed by atoms with Gasteiger partial charge in [-0.2, -0.15) is 4.98 Å². The number of carboxylic acid groups (broad SMARTS) is 1. The van der Waals surface area contributed by atoms with Crippen molar-refractivity contribution in [2.75, 3.05) is 6.54 Å². The predicted molar refractivity (Wildman–Crippen MR) is 50.3 cm³/mol. The Labute approximate surface area is 90.8 Å². The van der Waals surface area contributed by atoms with Crippen molar-refractivity contribution >= 4 is 11.9 Å². The number of hydrogen-bond acceptors (Lipinski definition) is 5. The van der Waals surface area contributed by atoms with Crippen molar-refractivity contribution in [1.82, 2.24) is 15.5 Å². The molecule has 16 heavy (non-hydrogen) atoms. The van der Waals surface area contributed by atoms with Crippen molar-refractivity contribution in [2.24, 2.45) is 5.41 Å². The Morgan fingerprint density at radius 1 is 1.56 bits per heavy atom. The van der Waals surface area contributed by atoms with Crippen LogP contribution in [0, 0.1) is 5.41 Å².